The van der Waals surface area contributed by atoms with Crippen molar-refractivity contribution in [1.82, 2.24) is 4.90 Å². The molecule has 0 radical (unpaired) electrons. The van der Waals surface area contributed by atoms with Crippen molar-refractivity contribution in [3.63, 3.8) is 0 Å². The van der Waals surface area contributed by atoms with Crippen molar-refractivity contribution in [3.05, 3.63) is 12.8 Å². The molecule has 0 spiro atoms. The first-order valence-electron chi connectivity index (χ1n) is 3.24. The largest absolute Gasteiger partial charge is 0.319 e. The predicted octanol–water partition coefficient (Wildman–Crippen LogP) is 1.14. The summed E-state index contributed by atoms with van der Waals surface area (Å²) >= 11 is 0. The van der Waals surface area contributed by atoms with Gasteiger partial charge in [0.05, 0.1) is 0 Å². The molecule has 0 saturated heterocycles. The summed E-state index contributed by atoms with van der Waals surface area (Å²) in [4.78, 5) is 11.9. The molecule has 0 aromatic heterocycles. The maximum atomic E-state index is 10.2. The van der Waals surface area contributed by atoms with Crippen molar-refractivity contribution in [2.24, 2.45) is 0 Å². The van der Waals surface area contributed by atoms with Gasteiger partial charge in [-0.25, -0.2) is 0 Å². The number of hydrogen-bond acceptors (Lipinski definition) is 1. The lowest BCUT2D eigenvalue weighted by Crippen LogP contribution is -2.34. The summed E-state index contributed by atoms with van der Waals surface area (Å²) in [6, 6.07) is 0.458. The van der Waals surface area contributed by atoms with Gasteiger partial charge in [0.1, 0.15) is 0 Å². The third kappa shape index (κ3) is 1.12. The minimum atomic E-state index is 0.458. The molecular weight excluding hydrogens is 114 g/mol. The molecule has 0 heterocycles. The summed E-state index contributed by atoms with van der Waals surface area (Å²) in [7, 11) is 0. The lowest BCUT2D eigenvalue weighted by atomic mass is 9.92. The number of rotatable bonds is 3. The van der Waals surface area contributed by atoms with Crippen LogP contribution in [-0.2, 0) is 4.79 Å². The molecule has 0 aromatic rings. The van der Waals surface area contributed by atoms with Crippen LogP contribution in [0.3, 0.4) is 0 Å². The normalized spacial score (nSPS) is 18.2. The lowest BCUT2D eigenvalue weighted by Gasteiger charge is -2.31. The molecule has 0 aromatic carbocycles. The van der Waals surface area contributed by atoms with Crippen molar-refractivity contribution < 1.29 is 4.79 Å². The molecule has 0 atom stereocenters. The van der Waals surface area contributed by atoms with Gasteiger partial charge in [0.2, 0.25) is 6.41 Å². The lowest BCUT2D eigenvalue weighted by molar-refractivity contribution is -0.118. The van der Waals surface area contributed by atoms with Crippen molar-refractivity contribution in [3.8, 4) is 0 Å². The Bertz CT molecular complexity index is 110. The number of amides is 1. The van der Waals surface area contributed by atoms with E-state index in [-0.39, 0.29) is 0 Å². The zero-order valence-corrected chi connectivity index (χ0v) is 5.42. The number of nitrogens with zero attached hydrogens (tertiary/aromatic N) is 1. The Balaban J connectivity index is 2.35. The topological polar surface area (TPSA) is 20.3 Å². The van der Waals surface area contributed by atoms with Crippen molar-refractivity contribution in [1.29, 1.82) is 0 Å². The van der Waals surface area contributed by atoms with Gasteiger partial charge < -0.3 is 4.90 Å². The molecule has 1 rings (SSSR count). The Morgan fingerprint density at radius 1 is 1.56 bits per heavy atom. The van der Waals surface area contributed by atoms with Crippen LogP contribution in [0.25, 0.3) is 0 Å². The maximum absolute atomic E-state index is 10.2. The smallest absolute Gasteiger partial charge is 0.213 e. The van der Waals surface area contributed by atoms with Gasteiger partial charge in [0.25, 0.3) is 0 Å². The first-order chi connectivity index (χ1) is 4.38. The number of carbonyl (C=O) groups is 1. The first-order valence-corrected chi connectivity index (χ1v) is 3.24. The fourth-order valence-corrected chi connectivity index (χ4v) is 0.963. The molecule has 1 saturated carbocycles. The average molecular weight is 125 g/mol. The summed E-state index contributed by atoms with van der Waals surface area (Å²) in [6.07, 6.45) is 5.98. The Labute approximate surface area is 55.2 Å². The van der Waals surface area contributed by atoms with E-state index >= 15 is 0 Å². The monoisotopic (exact) mass is 125 g/mol. The minimum Gasteiger partial charge on any atom is -0.319 e. The van der Waals surface area contributed by atoms with Crippen LogP contribution in [0.2, 0.25) is 0 Å². The number of carbonyl (C=O) groups excluding carboxylic acids is 1. The van der Waals surface area contributed by atoms with Gasteiger partial charge in [-0.3, -0.25) is 4.79 Å². The maximum Gasteiger partial charge on any atom is 0.213 e. The summed E-state index contributed by atoms with van der Waals surface area (Å²) in [6.45, 7) is 3.53. The van der Waals surface area contributed by atoms with Crippen LogP contribution in [0.5, 0.6) is 0 Å². The third-order valence-electron chi connectivity index (χ3n) is 1.83. The van der Waals surface area contributed by atoms with E-state index < -0.39 is 0 Å². The van der Waals surface area contributed by atoms with Crippen LogP contribution in [0.1, 0.15) is 19.3 Å². The molecule has 0 unspecified atom stereocenters. The Morgan fingerprint density at radius 3 is 2.33 bits per heavy atom. The van der Waals surface area contributed by atoms with Gasteiger partial charge in [-0.05, 0) is 25.5 Å². The van der Waals surface area contributed by atoms with Crippen LogP contribution in [0, 0.1) is 0 Å². The quantitative estimate of drug-likeness (QED) is 0.518. The molecule has 1 aliphatic carbocycles. The highest BCUT2D eigenvalue weighted by Crippen LogP contribution is 2.23. The van der Waals surface area contributed by atoms with Crippen molar-refractivity contribution in [2.45, 2.75) is 25.3 Å². The van der Waals surface area contributed by atoms with Gasteiger partial charge >= 0.3 is 0 Å². The summed E-state index contributed by atoms with van der Waals surface area (Å²) in [5.41, 5.74) is 0. The van der Waals surface area contributed by atoms with Crippen molar-refractivity contribution in [2.75, 3.05) is 0 Å². The Hall–Kier alpha value is -0.790. The molecule has 0 bridgehead atoms. The van der Waals surface area contributed by atoms with Crippen LogP contribution in [0.4, 0.5) is 0 Å². The second kappa shape index (κ2) is 2.67. The molecule has 1 amide bonds. The van der Waals surface area contributed by atoms with Gasteiger partial charge in [-0.15, -0.1) is 0 Å². The van der Waals surface area contributed by atoms with Gasteiger partial charge in [0.15, 0.2) is 0 Å². The zero-order chi connectivity index (χ0) is 6.69. The third-order valence-corrected chi connectivity index (χ3v) is 1.83. The zero-order valence-electron chi connectivity index (χ0n) is 5.42. The Morgan fingerprint density at radius 2 is 2.22 bits per heavy atom. The molecule has 0 aliphatic heterocycles. The SMILES string of the molecule is C=CN(C=O)C1CCC1. The second-order valence-electron chi connectivity index (χ2n) is 2.32. The molecular formula is C7H11NO. The predicted molar refractivity (Wildman–Crippen MR) is 35.7 cm³/mol. The first kappa shape index (κ1) is 6.33. The van der Waals surface area contributed by atoms with Crippen LogP contribution >= 0.6 is 0 Å². The van der Waals surface area contributed by atoms with E-state index in [2.05, 4.69) is 6.58 Å². The van der Waals surface area contributed by atoms with Gasteiger partial charge in [-0.2, -0.15) is 0 Å². The van der Waals surface area contributed by atoms with Gasteiger partial charge in [0, 0.05) is 6.04 Å². The van der Waals surface area contributed by atoms with E-state index in [1.54, 1.807) is 11.1 Å². The highest BCUT2D eigenvalue weighted by atomic mass is 16.1. The van der Waals surface area contributed by atoms with E-state index in [0.717, 1.165) is 19.3 Å². The second-order valence-corrected chi connectivity index (χ2v) is 2.32. The molecule has 1 fully saturated rings. The summed E-state index contributed by atoms with van der Waals surface area (Å²) in [5, 5.41) is 0. The average Bonchev–Trinajstić information content (AvgIpc) is 1.78. The van der Waals surface area contributed by atoms with Crippen LogP contribution < -0.4 is 0 Å². The molecule has 1 aliphatic rings. The highest BCUT2D eigenvalue weighted by Gasteiger charge is 2.21. The summed E-state index contributed by atoms with van der Waals surface area (Å²) in [5.74, 6) is 0. The molecule has 2 nitrogen and oxygen atoms in total. The fraction of sp³-hybridized carbons (Fsp3) is 0.571. The van der Waals surface area contributed by atoms with E-state index in [1.807, 2.05) is 0 Å². The molecule has 9 heavy (non-hydrogen) atoms. The Kier molecular flexibility index (Phi) is 1.88. The minimum absolute atomic E-state index is 0.458. The highest BCUT2D eigenvalue weighted by molar-refractivity contribution is 5.49. The van der Waals surface area contributed by atoms with E-state index in [4.69, 9.17) is 0 Å². The molecule has 2 heteroatoms. The van der Waals surface area contributed by atoms with E-state index in [9.17, 15) is 4.79 Å². The van der Waals surface area contributed by atoms with Crippen molar-refractivity contribution >= 4 is 6.41 Å². The number of hydrogen-bond donors (Lipinski definition) is 0. The van der Waals surface area contributed by atoms with Gasteiger partial charge in [-0.1, -0.05) is 6.58 Å². The standard InChI is InChI=1S/C7H11NO/c1-2-8(6-9)7-4-3-5-7/h2,6-7H,1,3-5H2. The van der Waals surface area contributed by atoms with E-state index in [0.29, 0.717) is 6.04 Å². The summed E-state index contributed by atoms with van der Waals surface area (Å²) < 4.78 is 0. The fourth-order valence-electron chi connectivity index (χ4n) is 0.963. The van der Waals surface area contributed by atoms with Crippen LogP contribution in [0.15, 0.2) is 12.8 Å². The van der Waals surface area contributed by atoms with Crippen LogP contribution in [-0.4, -0.2) is 17.4 Å². The molecule has 50 valence electrons. The van der Waals surface area contributed by atoms with E-state index in [1.165, 1.54) is 6.42 Å². The molecule has 0 N–H and O–H groups in total.